The van der Waals surface area contributed by atoms with Gasteiger partial charge in [-0.15, -0.1) is 11.3 Å². The Morgan fingerprint density at radius 1 is 1.17 bits per heavy atom. The maximum absolute atomic E-state index is 4.44. The molecule has 2 nitrogen and oxygen atoms in total. The van der Waals surface area contributed by atoms with Gasteiger partial charge < -0.3 is 5.32 Å². The lowest BCUT2D eigenvalue weighted by Gasteiger charge is -2.06. The molecule has 18 heavy (non-hydrogen) atoms. The lowest BCUT2D eigenvalue weighted by Crippen LogP contribution is -2.16. The Kier molecular flexibility index (Phi) is 4.50. The molecule has 0 aliphatic heterocycles. The van der Waals surface area contributed by atoms with E-state index in [1.807, 2.05) is 0 Å². The Bertz CT molecular complexity index is 517. The molecule has 2 rings (SSSR count). The molecule has 1 N–H and O–H groups in total. The molecule has 0 saturated carbocycles. The van der Waals surface area contributed by atoms with E-state index in [-0.39, 0.29) is 0 Å². The number of hydrogen-bond acceptors (Lipinski definition) is 3. The van der Waals surface area contributed by atoms with E-state index in [0.29, 0.717) is 0 Å². The minimum absolute atomic E-state index is 0.934. The van der Waals surface area contributed by atoms with Crippen LogP contribution in [-0.4, -0.2) is 11.5 Å². The first-order chi connectivity index (χ1) is 8.66. The zero-order chi connectivity index (χ0) is 13.0. The van der Waals surface area contributed by atoms with Crippen LogP contribution in [0, 0.1) is 20.8 Å². The third-order valence-corrected chi connectivity index (χ3v) is 4.19. The average molecular weight is 260 g/mol. The number of nitrogens with one attached hydrogen (secondary N) is 1. The first kappa shape index (κ1) is 13.2. The van der Waals surface area contributed by atoms with E-state index in [0.717, 1.165) is 24.5 Å². The lowest BCUT2D eigenvalue weighted by atomic mass is 10.1. The van der Waals surface area contributed by atoms with Crippen LogP contribution in [0.3, 0.4) is 0 Å². The van der Waals surface area contributed by atoms with Crippen LogP contribution in [0.5, 0.6) is 0 Å². The second-order valence-corrected chi connectivity index (χ2v) is 5.88. The highest BCUT2D eigenvalue weighted by molar-refractivity contribution is 7.11. The van der Waals surface area contributed by atoms with Crippen LogP contribution in [0.4, 0.5) is 0 Å². The molecule has 1 heterocycles. The van der Waals surface area contributed by atoms with Gasteiger partial charge in [0.05, 0.1) is 10.7 Å². The molecule has 0 aliphatic carbocycles. The summed E-state index contributed by atoms with van der Waals surface area (Å²) in [6.07, 6.45) is 1.09. The van der Waals surface area contributed by atoms with Gasteiger partial charge in [0.1, 0.15) is 0 Å². The normalized spacial score (nSPS) is 10.8. The zero-order valence-corrected chi connectivity index (χ0v) is 12.1. The molecule has 1 aromatic heterocycles. The molecule has 0 aliphatic rings. The van der Waals surface area contributed by atoms with Crippen molar-refractivity contribution >= 4 is 11.3 Å². The van der Waals surface area contributed by atoms with Gasteiger partial charge in [0.25, 0.3) is 0 Å². The Morgan fingerprint density at radius 2 is 1.94 bits per heavy atom. The number of rotatable bonds is 5. The highest BCUT2D eigenvalue weighted by Crippen LogP contribution is 2.16. The summed E-state index contributed by atoms with van der Waals surface area (Å²) >= 11 is 1.79. The number of hydrogen-bond donors (Lipinski definition) is 1. The molecule has 3 heteroatoms. The summed E-state index contributed by atoms with van der Waals surface area (Å²) in [6.45, 7) is 8.27. The second-order valence-electron chi connectivity index (χ2n) is 4.59. The summed E-state index contributed by atoms with van der Waals surface area (Å²) in [5, 5.41) is 4.66. The van der Waals surface area contributed by atoms with Crippen LogP contribution >= 0.6 is 11.3 Å². The molecule has 0 fully saturated rings. The summed E-state index contributed by atoms with van der Waals surface area (Å²) in [6, 6.07) is 8.58. The Balaban J connectivity index is 1.80. The Labute approximate surface area is 113 Å². The van der Waals surface area contributed by atoms with E-state index >= 15 is 0 Å². The van der Waals surface area contributed by atoms with E-state index in [9.17, 15) is 0 Å². The highest BCUT2D eigenvalue weighted by atomic mass is 32.1. The number of aryl methyl sites for hydroxylation is 3. The third kappa shape index (κ3) is 3.40. The fourth-order valence-corrected chi connectivity index (χ4v) is 2.96. The van der Waals surface area contributed by atoms with Crippen molar-refractivity contribution in [2.45, 2.75) is 33.7 Å². The smallest absolute Gasteiger partial charge is 0.0900 e. The zero-order valence-electron chi connectivity index (χ0n) is 11.3. The number of aromatic nitrogens is 1. The van der Waals surface area contributed by atoms with Gasteiger partial charge in [0, 0.05) is 11.4 Å². The molecule has 0 radical (unpaired) electrons. The largest absolute Gasteiger partial charge is 0.311 e. The van der Waals surface area contributed by atoms with E-state index in [1.165, 1.54) is 21.7 Å². The van der Waals surface area contributed by atoms with Gasteiger partial charge in [-0.1, -0.05) is 24.3 Å². The molecule has 0 saturated heterocycles. The van der Waals surface area contributed by atoms with Crippen molar-refractivity contribution in [2.75, 3.05) is 6.54 Å². The van der Waals surface area contributed by atoms with E-state index < -0.39 is 0 Å². The third-order valence-electron chi connectivity index (χ3n) is 3.12. The Morgan fingerprint density at radius 3 is 2.61 bits per heavy atom. The molecule has 1 aromatic carbocycles. The fourth-order valence-electron chi connectivity index (χ4n) is 2.05. The summed E-state index contributed by atoms with van der Waals surface area (Å²) in [5.41, 5.74) is 3.98. The number of benzene rings is 1. The molecule has 0 amide bonds. The summed E-state index contributed by atoms with van der Waals surface area (Å²) in [7, 11) is 0. The first-order valence-corrected chi connectivity index (χ1v) is 7.16. The first-order valence-electron chi connectivity index (χ1n) is 6.35. The van der Waals surface area contributed by atoms with Gasteiger partial charge >= 0.3 is 0 Å². The van der Waals surface area contributed by atoms with Crippen LogP contribution in [-0.2, 0) is 13.0 Å². The fraction of sp³-hybridized carbons (Fsp3) is 0.400. The quantitative estimate of drug-likeness (QED) is 0.833. The predicted octanol–water partition coefficient (Wildman–Crippen LogP) is 3.40. The number of nitrogens with zero attached hydrogens (tertiary/aromatic N) is 1. The van der Waals surface area contributed by atoms with Crippen LogP contribution in [0.1, 0.15) is 26.7 Å². The van der Waals surface area contributed by atoms with Gasteiger partial charge in [0.15, 0.2) is 0 Å². The SMILES string of the molecule is Cc1nc(C)c(CNCCc2ccccc2C)s1. The van der Waals surface area contributed by atoms with Crippen molar-refractivity contribution in [1.29, 1.82) is 0 Å². The topological polar surface area (TPSA) is 24.9 Å². The number of thiazole rings is 1. The van der Waals surface area contributed by atoms with Gasteiger partial charge in [0.2, 0.25) is 0 Å². The molecular weight excluding hydrogens is 240 g/mol. The maximum Gasteiger partial charge on any atom is 0.0900 e. The van der Waals surface area contributed by atoms with Gasteiger partial charge in [-0.25, -0.2) is 4.98 Å². The maximum atomic E-state index is 4.44. The predicted molar refractivity (Wildman–Crippen MR) is 78.2 cm³/mol. The van der Waals surface area contributed by atoms with Crippen molar-refractivity contribution in [3.8, 4) is 0 Å². The molecule has 0 atom stereocenters. The highest BCUT2D eigenvalue weighted by Gasteiger charge is 2.04. The average Bonchev–Trinajstić information content (AvgIpc) is 2.65. The standard InChI is InChI=1S/C15H20N2S/c1-11-6-4-5-7-14(11)8-9-16-10-15-12(2)17-13(3)18-15/h4-7,16H,8-10H2,1-3H3. The van der Waals surface area contributed by atoms with E-state index in [1.54, 1.807) is 11.3 Å². The van der Waals surface area contributed by atoms with Crippen molar-refractivity contribution in [3.63, 3.8) is 0 Å². The van der Waals surface area contributed by atoms with E-state index in [2.05, 4.69) is 55.3 Å². The molecular formula is C15H20N2S. The molecule has 0 unspecified atom stereocenters. The summed E-state index contributed by atoms with van der Waals surface area (Å²) in [4.78, 5) is 5.80. The Hall–Kier alpha value is -1.19. The van der Waals surface area contributed by atoms with Crippen LogP contribution in [0.15, 0.2) is 24.3 Å². The van der Waals surface area contributed by atoms with Gasteiger partial charge in [-0.3, -0.25) is 0 Å². The minimum atomic E-state index is 0.934. The van der Waals surface area contributed by atoms with Crippen LogP contribution in [0.2, 0.25) is 0 Å². The van der Waals surface area contributed by atoms with Gasteiger partial charge in [-0.2, -0.15) is 0 Å². The molecule has 96 valence electrons. The van der Waals surface area contributed by atoms with Crippen LogP contribution in [0.25, 0.3) is 0 Å². The molecule has 2 aromatic rings. The lowest BCUT2D eigenvalue weighted by molar-refractivity contribution is 0.689. The van der Waals surface area contributed by atoms with Crippen molar-refractivity contribution in [3.05, 3.63) is 51.0 Å². The minimum Gasteiger partial charge on any atom is -0.311 e. The molecule has 0 bridgehead atoms. The second kappa shape index (κ2) is 6.12. The molecule has 0 spiro atoms. The van der Waals surface area contributed by atoms with Crippen molar-refractivity contribution < 1.29 is 0 Å². The van der Waals surface area contributed by atoms with Crippen LogP contribution < -0.4 is 5.32 Å². The summed E-state index contributed by atoms with van der Waals surface area (Å²) in [5.74, 6) is 0. The summed E-state index contributed by atoms with van der Waals surface area (Å²) < 4.78 is 0. The van der Waals surface area contributed by atoms with E-state index in [4.69, 9.17) is 0 Å². The van der Waals surface area contributed by atoms with Crippen molar-refractivity contribution in [1.82, 2.24) is 10.3 Å². The van der Waals surface area contributed by atoms with Crippen molar-refractivity contribution in [2.24, 2.45) is 0 Å². The monoisotopic (exact) mass is 260 g/mol. The van der Waals surface area contributed by atoms with Gasteiger partial charge in [-0.05, 0) is 44.9 Å².